The molecule has 4 aliphatic rings. The van der Waals surface area contributed by atoms with Crippen LogP contribution in [0.15, 0.2) is 0 Å². The molecule has 2 N–H and O–H groups in total. The fourth-order valence-electron chi connectivity index (χ4n) is 7.18. The highest BCUT2D eigenvalue weighted by Gasteiger charge is 2.61. The fraction of sp³-hybridized carbons (Fsp3) is 1.00. The van der Waals surface area contributed by atoms with Crippen LogP contribution in [0.5, 0.6) is 0 Å². The molecule has 126 valence electrons. The lowest BCUT2D eigenvalue weighted by atomic mass is 9.45. The highest BCUT2D eigenvalue weighted by Crippen LogP contribution is 2.66. The van der Waals surface area contributed by atoms with Gasteiger partial charge in [0, 0.05) is 3.92 Å². The normalized spacial score (nSPS) is 61.2. The van der Waals surface area contributed by atoms with Crippen molar-refractivity contribution in [2.75, 3.05) is 0 Å². The first-order valence-corrected chi connectivity index (χ1v) is 10.6. The summed E-state index contributed by atoms with van der Waals surface area (Å²) in [6.07, 6.45) is 9.52. The second-order valence-corrected chi connectivity index (χ2v) is 10.9. The number of hydrogen-bond donors (Lipinski definition) is 2. The number of fused-ring (bicyclic) bond motifs is 5. The van der Waals surface area contributed by atoms with Crippen molar-refractivity contribution in [3.8, 4) is 0 Å². The Morgan fingerprint density at radius 2 is 1.59 bits per heavy atom. The molecule has 0 bridgehead atoms. The molecule has 4 rings (SSSR count). The van der Waals surface area contributed by atoms with E-state index in [1.54, 1.807) is 0 Å². The van der Waals surface area contributed by atoms with Crippen molar-refractivity contribution in [1.29, 1.82) is 0 Å². The average molecular weight is 418 g/mol. The highest BCUT2D eigenvalue weighted by atomic mass is 127. The zero-order valence-electron chi connectivity index (χ0n) is 14.0. The van der Waals surface area contributed by atoms with E-state index in [4.69, 9.17) is 0 Å². The average Bonchev–Trinajstić information content (AvgIpc) is 2.72. The number of hydrogen-bond acceptors (Lipinski definition) is 2. The van der Waals surface area contributed by atoms with E-state index in [0.717, 1.165) is 36.5 Å². The van der Waals surface area contributed by atoms with Crippen LogP contribution in [0.3, 0.4) is 0 Å². The van der Waals surface area contributed by atoms with Gasteiger partial charge in [-0.3, -0.25) is 0 Å². The van der Waals surface area contributed by atoms with E-state index in [0.29, 0.717) is 9.34 Å². The van der Waals surface area contributed by atoms with Crippen LogP contribution in [0.2, 0.25) is 0 Å². The summed E-state index contributed by atoms with van der Waals surface area (Å²) in [6, 6.07) is 0. The van der Waals surface area contributed by atoms with Gasteiger partial charge in [0.2, 0.25) is 0 Å². The topological polar surface area (TPSA) is 40.5 Å². The zero-order valence-corrected chi connectivity index (χ0v) is 16.1. The fourth-order valence-corrected chi connectivity index (χ4v) is 8.55. The van der Waals surface area contributed by atoms with Crippen LogP contribution in [0.1, 0.15) is 65.2 Å². The van der Waals surface area contributed by atoms with Gasteiger partial charge in [0.1, 0.15) is 0 Å². The molecule has 22 heavy (non-hydrogen) atoms. The van der Waals surface area contributed by atoms with Crippen molar-refractivity contribution in [3.05, 3.63) is 0 Å². The largest absolute Gasteiger partial charge is 0.393 e. The highest BCUT2D eigenvalue weighted by molar-refractivity contribution is 14.1. The van der Waals surface area contributed by atoms with E-state index in [1.807, 2.05) is 0 Å². The summed E-state index contributed by atoms with van der Waals surface area (Å²) in [5.74, 6) is 3.13. The van der Waals surface area contributed by atoms with Gasteiger partial charge in [-0.15, -0.1) is 0 Å². The molecular weight excluding hydrogens is 387 g/mol. The van der Waals surface area contributed by atoms with Crippen LogP contribution < -0.4 is 0 Å². The Labute approximate surface area is 148 Å². The number of aliphatic hydroxyl groups is 2. The van der Waals surface area contributed by atoms with E-state index < -0.39 is 0 Å². The number of halogens is 1. The molecule has 0 aromatic carbocycles. The van der Waals surface area contributed by atoms with Crippen LogP contribution in [-0.4, -0.2) is 26.3 Å². The van der Waals surface area contributed by atoms with Crippen LogP contribution >= 0.6 is 22.6 Å². The molecule has 0 aromatic heterocycles. The maximum atomic E-state index is 10.7. The van der Waals surface area contributed by atoms with Crippen LogP contribution in [0.25, 0.3) is 0 Å². The predicted octanol–water partition coefficient (Wildman–Crippen LogP) is 4.16. The Kier molecular flexibility index (Phi) is 3.90. The number of rotatable bonds is 0. The smallest absolute Gasteiger partial charge is 0.0714 e. The second-order valence-electron chi connectivity index (χ2n) is 9.33. The molecule has 2 nitrogen and oxygen atoms in total. The third-order valence-electron chi connectivity index (χ3n) is 8.57. The van der Waals surface area contributed by atoms with Crippen LogP contribution in [-0.2, 0) is 0 Å². The Bertz CT molecular complexity index is 455. The first-order chi connectivity index (χ1) is 10.4. The molecule has 9 atom stereocenters. The van der Waals surface area contributed by atoms with Crippen molar-refractivity contribution >= 4 is 22.6 Å². The van der Waals surface area contributed by atoms with Gasteiger partial charge in [-0.05, 0) is 85.9 Å². The van der Waals surface area contributed by atoms with Crippen molar-refractivity contribution in [2.45, 2.75) is 81.3 Å². The van der Waals surface area contributed by atoms with E-state index in [9.17, 15) is 10.2 Å². The van der Waals surface area contributed by atoms with E-state index in [1.165, 1.54) is 38.5 Å². The van der Waals surface area contributed by atoms with Crippen molar-refractivity contribution in [3.63, 3.8) is 0 Å². The van der Waals surface area contributed by atoms with Gasteiger partial charge in [-0.1, -0.05) is 36.4 Å². The summed E-state index contributed by atoms with van der Waals surface area (Å²) < 4.78 is 0.449. The molecule has 0 aliphatic heterocycles. The number of alkyl halides is 1. The predicted molar refractivity (Wildman–Crippen MR) is 96.9 cm³/mol. The molecule has 4 aliphatic carbocycles. The van der Waals surface area contributed by atoms with Crippen molar-refractivity contribution < 1.29 is 10.2 Å². The number of aliphatic hydroxyl groups excluding tert-OH is 2. The Morgan fingerprint density at radius 1 is 0.864 bits per heavy atom. The van der Waals surface area contributed by atoms with Crippen molar-refractivity contribution in [2.24, 2.45) is 34.5 Å². The van der Waals surface area contributed by atoms with Gasteiger partial charge in [0.15, 0.2) is 0 Å². The summed E-state index contributed by atoms with van der Waals surface area (Å²) >= 11 is 2.50. The monoisotopic (exact) mass is 418 g/mol. The molecule has 3 heteroatoms. The molecule has 0 saturated heterocycles. The second kappa shape index (κ2) is 5.32. The maximum Gasteiger partial charge on any atom is 0.0714 e. The molecule has 4 fully saturated rings. The van der Waals surface area contributed by atoms with Gasteiger partial charge in [0.05, 0.1) is 12.2 Å². The minimum atomic E-state index is -0.0993. The first kappa shape index (κ1) is 16.1. The summed E-state index contributed by atoms with van der Waals surface area (Å²) in [5, 5.41) is 20.8. The minimum Gasteiger partial charge on any atom is -0.393 e. The standard InChI is InChI=1S/C19H31IO2/c1-18-7-5-12(21)9-11(18)3-4-13-14(18)6-8-19(2)15(13)10-16(20)17(19)22/h11-17,21-22H,3-10H2,1-2H3/t11-,12+,13+,14-,15-,16+,17-,18-,19-/m0/s1. The molecule has 0 amide bonds. The molecule has 0 aromatic rings. The lowest BCUT2D eigenvalue weighted by molar-refractivity contribution is -0.133. The molecule has 4 saturated carbocycles. The SMILES string of the molecule is C[C@]12CC[C@@H](O)C[C@@H]1CC[C@@H]1[C@@H]2CC[C@]2(C)[C@@H](O)[C@H](I)C[C@@H]12. The van der Waals surface area contributed by atoms with E-state index >= 15 is 0 Å². The molecule has 0 unspecified atom stereocenters. The van der Waals surface area contributed by atoms with Gasteiger partial charge >= 0.3 is 0 Å². The van der Waals surface area contributed by atoms with E-state index in [-0.39, 0.29) is 17.6 Å². The van der Waals surface area contributed by atoms with Crippen LogP contribution in [0.4, 0.5) is 0 Å². The van der Waals surface area contributed by atoms with Crippen LogP contribution in [0, 0.1) is 34.5 Å². The molecule has 0 spiro atoms. The first-order valence-electron chi connectivity index (χ1n) is 9.36. The summed E-state index contributed by atoms with van der Waals surface area (Å²) in [5.41, 5.74) is 0.627. The summed E-state index contributed by atoms with van der Waals surface area (Å²) in [7, 11) is 0. The lowest BCUT2D eigenvalue weighted by Crippen LogP contribution is -2.54. The third-order valence-corrected chi connectivity index (χ3v) is 9.76. The Hall–Kier alpha value is 0.650. The zero-order chi connectivity index (χ0) is 15.7. The molecular formula is C19H31IO2. The van der Waals surface area contributed by atoms with Gasteiger partial charge in [-0.25, -0.2) is 0 Å². The third kappa shape index (κ3) is 2.10. The quantitative estimate of drug-likeness (QED) is 0.458. The lowest BCUT2D eigenvalue weighted by Gasteiger charge is -2.60. The van der Waals surface area contributed by atoms with Gasteiger partial charge < -0.3 is 10.2 Å². The molecule has 0 heterocycles. The van der Waals surface area contributed by atoms with E-state index in [2.05, 4.69) is 36.4 Å². The van der Waals surface area contributed by atoms with Crippen molar-refractivity contribution in [1.82, 2.24) is 0 Å². The minimum absolute atomic E-state index is 0.0458. The summed E-state index contributed by atoms with van der Waals surface area (Å²) in [4.78, 5) is 0. The van der Waals surface area contributed by atoms with Gasteiger partial charge in [-0.2, -0.15) is 0 Å². The Balaban J connectivity index is 1.63. The Morgan fingerprint density at radius 3 is 2.36 bits per heavy atom. The molecule has 0 radical (unpaired) electrons. The summed E-state index contributed by atoms with van der Waals surface area (Å²) in [6.45, 7) is 4.91. The van der Waals surface area contributed by atoms with Gasteiger partial charge in [0.25, 0.3) is 0 Å². The maximum absolute atomic E-state index is 10.7.